The largest absolute Gasteiger partial charge is 0.482 e. The highest BCUT2D eigenvalue weighted by molar-refractivity contribution is 5.97. The Balaban J connectivity index is 1.30. The second-order valence-corrected chi connectivity index (χ2v) is 7.10. The summed E-state index contributed by atoms with van der Waals surface area (Å²) >= 11 is 0. The average molecular weight is 369 g/mol. The Morgan fingerprint density at radius 1 is 1.04 bits per heavy atom. The number of piperazine rings is 1. The minimum atomic E-state index is -0.193. The van der Waals surface area contributed by atoms with Crippen LogP contribution in [0.5, 0.6) is 5.75 Å². The number of nitrogens with zero attached hydrogens (tertiary/aromatic N) is 3. The number of ether oxygens (including phenoxy) is 1. The molecule has 0 atom stereocenters. The van der Waals surface area contributed by atoms with E-state index in [1.54, 1.807) is 11.9 Å². The first kappa shape index (κ1) is 17.8. The van der Waals surface area contributed by atoms with Crippen molar-refractivity contribution in [3.8, 4) is 5.75 Å². The third kappa shape index (κ3) is 3.90. The van der Waals surface area contributed by atoms with Crippen molar-refractivity contribution in [1.29, 1.82) is 0 Å². The van der Waals surface area contributed by atoms with Gasteiger partial charge in [-0.25, -0.2) is 4.39 Å². The van der Waals surface area contributed by atoms with Gasteiger partial charge in [-0.1, -0.05) is 6.07 Å². The van der Waals surface area contributed by atoms with Crippen molar-refractivity contribution in [2.45, 2.75) is 6.42 Å². The molecule has 2 aromatic rings. The lowest BCUT2D eigenvalue weighted by Crippen LogP contribution is -2.47. The van der Waals surface area contributed by atoms with Gasteiger partial charge in [0.05, 0.1) is 5.69 Å². The molecule has 6 heteroatoms. The first-order chi connectivity index (χ1) is 13.1. The monoisotopic (exact) mass is 369 g/mol. The van der Waals surface area contributed by atoms with Gasteiger partial charge in [0.2, 0.25) is 0 Å². The van der Waals surface area contributed by atoms with Crippen LogP contribution in [0.15, 0.2) is 42.5 Å². The number of hydrogen-bond donors (Lipinski definition) is 0. The zero-order valence-corrected chi connectivity index (χ0v) is 15.5. The zero-order chi connectivity index (χ0) is 18.8. The van der Waals surface area contributed by atoms with E-state index in [0.29, 0.717) is 0 Å². The number of anilines is 2. The fraction of sp³-hybridized carbons (Fsp3) is 0.381. The Labute approximate surface area is 158 Å². The van der Waals surface area contributed by atoms with Gasteiger partial charge >= 0.3 is 0 Å². The molecule has 0 N–H and O–H groups in total. The number of carbonyl (C=O) groups is 1. The quantitative estimate of drug-likeness (QED) is 0.830. The van der Waals surface area contributed by atoms with Crippen LogP contribution in [-0.2, 0) is 11.2 Å². The zero-order valence-electron chi connectivity index (χ0n) is 15.5. The van der Waals surface area contributed by atoms with E-state index in [1.165, 1.54) is 17.7 Å². The standard InChI is InChI=1S/C21H24FN3O2/c1-23-19-7-2-16(14-20(19)27-15-21(23)26)8-9-24-10-12-25(13-11-24)18-5-3-17(22)4-6-18/h2-7,14H,8-13,15H2,1H3. The topological polar surface area (TPSA) is 36.0 Å². The fourth-order valence-corrected chi connectivity index (χ4v) is 3.65. The van der Waals surface area contributed by atoms with Crippen molar-refractivity contribution >= 4 is 17.3 Å². The highest BCUT2D eigenvalue weighted by Crippen LogP contribution is 2.32. The predicted octanol–water partition coefficient (Wildman–Crippen LogP) is 2.55. The van der Waals surface area contributed by atoms with E-state index in [2.05, 4.69) is 15.9 Å². The number of likely N-dealkylation sites (N-methyl/N-ethyl adjacent to an activating group) is 1. The van der Waals surface area contributed by atoms with Gasteiger partial charge in [0.1, 0.15) is 11.6 Å². The molecule has 1 saturated heterocycles. The third-order valence-electron chi connectivity index (χ3n) is 5.39. The van der Waals surface area contributed by atoms with Gasteiger partial charge in [-0.3, -0.25) is 9.69 Å². The summed E-state index contributed by atoms with van der Waals surface area (Å²) < 4.78 is 18.6. The molecule has 142 valence electrons. The van der Waals surface area contributed by atoms with Crippen molar-refractivity contribution in [1.82, 2.24) is 4.90 Å². The van der Waals surface area contributed by atoms with E-state index >= 15 is 0 Å². The molecule has 27 heavy (non-hydrogen) atoms. The summed E-state index contributed by atoms with van der Waals surface area (Å²) in [6.07, 6.45) is 0.949. The smallest absolute Gasteiger partial charge is 0.264 e. The molecule has 1 amide bonds. The molecule has 0 radical (unpaired) electrons. The molecule has 0 unspecified atom stereocenters. The lowest BCUT2D eigenvalue weighted by atomic mass is 10.1. The number of carbonyl (C=O) groups excluding carboxylic acids is 1. The van der Waals surface area contributed by atoms with Crippen molar-refractivity contribution in [3.63, 3.8) is 0 Å². The summed E-state index contributed by atoms with van der Waals surface area (Å²) in [7, 11) is 1.78. The van der Waals surface area contributed by atoms with Crippen LogP contribution in [0.1, 0.15) is 5.56 Å². The molecule has 2 aliphatic heterocycles. The first-order valence-electron chi connectivity index (χ1n) is 9.35. The number of benzene rings is 2. The van der Waals surface area contributed by atoms with Crippen molar-refractivity contribution < 1.29 is 13.9 Å². The molecule has 2 aliphatic rings. The van der Waals surface area contributed by atoms with Crippen LogP contribution < -0.4 is 14.5 Å². The van der Waals surface area contributed by atoms with Crippen molar-refractivity contribution in [2.75, 3.05) is 56.2 Å². The Morgan fingerprint density at radius 3 is 2.52 bits per heavy atom. The molecule has 0 saturated carbocycles. The Hall–Kier alpha value is -2.60. The molecule has 0 aromatic heterocycles. The molecule has 0 aliphatic carbocycles. The molecular formula is C21H24FN3O2. The Kier molecular flexibility index (Phi) is 4.99. The summed E-state index contributed by atoms with van der Waals surface area (Å²) in [5, 5.41) is 0. The van der Waals surface area contributed by atoms with Gasteiger partial charge < -0.3 is 14.5 Å². The van der Waals surface area contributed by atoms with Gasteiger partial charge in [-0.05, 0) is 48.4 Å². The molecule has 2 aromatic carbocycles. The molecule has 4 rings (SSSR count). The lowest BCUT2D eigenvalue weighted by molar-refractivity contribution is -0.120. The number of amides is 1. The van der Waals surface area contributed by atoms with Crippen LogP contribution in [0, 0.1) is 5.82 Å². The maximum atomic E-state index is 13.1. The van der Waals surface area contributed by atoms with Crippen LogP contribution in [-0.4, -0.2) is 57.2 Å². The summed E-state index contributed by atoms with van der Waals surface area (Å²) in [6, 6.07) is 12.8. The van der Waals surface area contributed by atoms with E-state index in [9.17, 15) is 9.18 Å². The molecular weight excluding hydrogens is 345 g/mol. The van der Waals surface area contributed by atoms with Gasteiger partial charge in [0.25, 0.3) is 5.91 Å². The molecule has 2 heterocycles. The second-order valence-electron chi connectivity index (χ2n) is 7.10. The van der Waals surface area contributed by atoms with Crippen LogP contribution in [0.25, 0.3) is 0 Å². The molecule has 1 fully saturated rings. The van der Waals surface area contributed by atoms with Crippen molar-refractivity contribution in [2.24, 2.45) is 0 Å². The normalized spacial score (nSPS) is 17.6. The van der Waals surface area contributed by atoms with E-state index < -0.39 is 0 Å². The van der Waals surface area contributed by atoms with E-state index in [4.69, 9.17) is 4.74 Å². The fourth-order valence-electron chi connectivity index (χ4n) is 3.65. The highest BCUT2D eigenvalue weighted by Gasteiger charge is 2.22. The summed E-state index contributed by atoms with van der Waals surface area (Å²) in [6.45, 7) is 4.99. The SMILES string of the molecule is CN1C(=O)COc2cc(CCN3CCN(c4ccc(F)cc4)CC3)ccc21. The Morgan fingerprint density at radius 2 is 1.78 bits per heavy atom. The lowest BCUT2D eigenvalue weighted by Gasteiger charge is -2.36. The minimum absolute atomic E-state index is 0.0192. The van der Waals surface area contributed by atoms with E-state index in [0.717, 1.165) is 56.3 Å². The van der Waals surface area contributed by atoms with Crippen LogP contribution >= 0.6 is 0 Å². The van der Waals surface area contributed by atoms with Gasteiger partial charge in [0, 0.05) is 45.5 Å². The number of hydrogen-bond acceptors (Lipinski definition) is 4. The molecule has 5 nitrogen and oxygen atoms in total. The number of rotatable bonds is 4. The van der Waals surface area contributed by atoms with Gasteiger partial charge in [-0.2, -0.15) is 0 Å². The molecule has 0 spiro atoms. The predicted molar refractivity (Wildman–Crippen MR) is 104 cm³/mol. The van der Waals surface area contributed by atoms with E-state index in [1.807, 2.05) is 24.3 Å². The highest BCUT2D eigenvalue weighted by atomic mass is 19.1. The van der Waals surface area contributed by atoms with Gasteiger partial charge in [0.15, 0.2) is 6.61 Å². The third-order valence-corrected chi connectivity index (χ3v) is 5.39. The van der Waals surface area contributed by atoms with Crippen LogP contribution in [0.4, 0.5) is 15.8 Å². The van der Waals surface area contributed by atoms with Crippen LogP contribution in [0.2, 0.25) is 0 Å². The summed E-state index contributed by atoms with van der Waals surface area (Å²) in [5.74, 6) is 0.576. The molecule has 0 bridgehead atoms. The maximum absolute atomic E-state index is 13.1. The van der Waals surface area contributed by atoms with E-state index in [-0.39, 0.29) is 18.3 Å². The average Bonchev–Trinajstić information content (AvgIpc) is 2.70. The van der Waals surface area contributed by atoms with Crippen LogP contribution in [0.3, 0.4) is 0 Å². The maximum Gasteiger partial charge on any atom is 0.264 e. The number of fused-ring (bicyclic) bond motifs is 1. The van der Waals surface area contributed by atoms with Crippen molar-refractivity contribution in [3.05, 3.63) is 53.8 Å². The minimum Gasteiger partial charge on any atom is -0.482 e. The summed E-state index contributed by atoms with van der Waals surface area (Å²) in [5.41, 5.74) is 3.14. The summed E-state index contributed by atoms with van der Waals surface area (Å²) in [4.78, 5) is 18.1. The second kappa shape index (κ2) is 7.56. The Bertz CT molecular complexity index is 817. The number of halogens is 1. The van der Waals surface area contributed by atoms with Gasteiger partial charge in [-0.15, -0.1) is 0 Å². The first-order valence-corrected chi connectivity index (χ1v) is 9.35.